The molecule has 0 saturated carbocycles. The van der Waals surface area contributed by atoms with Gasteiger partial charge in [-0.1, -0.05) is 41.6 Å². The molecule has 142 valence electrons. The maximum absolute atomic E-state index is 14.0. The van der Waals surface area contributed by atoms with Crippen molar-refractivity contribution in [2.45, 2.75) is 24.8 Å². The van der Waals surface area contributed by atoms with Crippen LogP contribution in [0.25, 0.3) is 22.8 Å². The predicted octanol–water partition coefficient (Wildman–Crippen LogP) is 4.36. The molecule has 2 aromatic heterocycles. The molecular weight excluding hydrogens is 377 g/mol. The molecule has 4 rings (SSSR count). The maximum atomic E-state index is 14.0. The maximum Gasteiger partial charge on any atom is 0.226 e. The Morgan fingerprint density at radius 1 is 1.11 bits per heavy atom. The van der Waals surface area contributed by atoms with Crippen LogP contribution in [-0.2, 0) is 5.75 Å². The van der Waals surface area contributed by atoms with Gasteiger partial charge in [0.25, 0.3) is 0 Å². The van der Waals surface area contributed by atoms with Crippen LogP contribution in [0.5, 0.6) is 0 Å². The zero-order valence-electron chi connectivity index (χ0n) is 15.4. The third-order valence-corrected chi connectivity index (χ3v) is 5.27. The second kappa shape index (κ2) is 7.47. The van der Waals surface area contributed by atoms with Crippen molar-refractivity contribution in [1.82, 2.24) is 19.9 Å². The lowest BCUT2D eigenvalue weighted by Gasteiger charge is -2.04. The SMILES string of the molecule is Cc1ccc(-c2nc(CSc3nnc(-c4ccccc4F)n3N)co2)c(C)c1. The molecule has 0 aliphatic heterocycles. The zero-order valence-corrected chi connectivity index (χ0v) is 16.2. The first-order valence-corrected chi connectivity index (χ1v) is 9.61. The minimum Gasteiger partial charge on any atom is -0.444 e. The molecule has 0 aliphatic carbocycles. The number of aryl methyl sites for hydroxylation is 2. The lowest BCUT2D eigenvalue weighted by atomic mass is 10.1. The Labute approximate surface area is 165 Å². The summed E-state index contributed by atoms with van der Waals surface area (Å²) >= 11 is 1.36. The van der Waals surface area contributed by atoms with Crippen LogP contribution in [0.2, 0.25) is 0 Å². The Hall–Kier alpha value is -3.13. The smallest absolute Gasteiger partial charge is 0.226 e. The molecule has 8 heteroatoms. The van der Waals surface area contributed by atoms with Crippen LogP contribution in [0.3, 0.4) is 0 Å². The van der Waals surface area contributed by atoms with E-state index in [4.69, 9.17) is 10.3 Å². The van der Waals surface area contributed by atoms with Gasteiger partial charge < -0.3 is 10.3 Å². The molecule has 0 bridgehead atoms. The highest BCUT2D eigenvalue weighted by atomic mass is 32.2. The van der Waals surface area contributed by atoms with E-state index in [9.17, 15) is 4.39 Å². The summed E-state index contributed by atoms with van der Waals surface area (Å²) in [4.78, 5) is 4.55. The standard InChI is InChI=1S/C20H18FN5OS/c1-12-7-8-15(13(2)9-12)19-23-14(10-27-19)11-28-20-25-24-18(26(20)22)16-5-3-4-6-17(16)21/h3-10H,11,22H2,1-2H3. The predicted molar refractivity (Wildman–Crippen MR) is 107 cm³/mol. The van der Waals surface area contributed by atoms with Crippen molar-refractivity contribution >= 4 is 11.8 Å². The van der Waals surface area contributed by atoms with Crippen LogP contribution < -0.4 is 5.84 Å². The fraction of sp³-hybridized carbons (Fsp3) is 0.150. The van der Waals surface area contributed by atoms with Crippen molar-refractivity contribution < 1.29 is 8.81 Å². The Morgan fingerprint density at radius 3 is 2.71 bits per heavy atom. The first kappa shape index (κ1) is 18.2. The normalized spacial score (nSPS) is 11.1. The summed E-state index contributed by atoms with van der Waals surface area (Å²) < 4.78 is 20.9. The van der Waals surface area contributed by atoms with Gasteiger partial charge in [-0.3, -0.25) is 0 Å². The highest BCUT2D eigenvalue weighted by Gasteiger charge is 2.16. The van der Waals surface area contributed by atoms with Gasteiger partial charge in [0.05, 0.1) is 11.3 Å². The number of halogens is 1. The third-order valence-electron chi connectivity index (χ3n) is 4.29. The Kier molecular flexibility index (Phi) is 4.87. The van der Waals surface area contributed by atoms with Crippen LogP contribution in [0.1, 0.15) is 16.8 Å². The number of hydrogen-bond acceptors (Lipinski definition) is 6. The van der Waals surface area contributed by atoms with Gasteiger partial charge in [-0.15, -0.1) is 10.2 Å². The summed E-state index contributed by atoms with van der Waals surface area (Å²) in [6.45, 7) is 4.08. The van der Waals surface area contributed by atoms with Crippen LogP contribution in [0.4, 0.5) is 4.39 Å². The number of thioether (sulfide) groups is 1. The highest BCUT2D eigenvalue weighted by molar-refractivity contribution is 7.98. The van der Waals surface area contributed by atoms with Crippen LogP contribution >= 0.6 is 11.8 Å². The van der Waals surface area contributed by atoms with Gasteiger partial charge in [0, 0.05) is 11.3 Å². The molecule has 0 saturated heterocycles. The molecule has 4 aromatic rings. The van der Waals surface area contributed by atoms with Crippen molar-refractivity contribution in [3.63, 3.8) is 0 Å². The minimum absolute atomic E-state index is 0.275. The minimum atomic E-state index is -0.396. The quantitative estimate of drug-likeness (QED) is 0.399. The largest absolute Gasteiger partial charge is 0.444 e. The van der Waals surface area contributed by atoms with Crippen molar-refractivity contribution in [3.05, 3.63) is 71.4 Å². The molecule has 0 spiro atoms. The van der Waals surface area contributed by atoms with E-state index in [1.807, 2.05) is 26.0 Å². The molecule has 6 nitrogen and oxygen atoms in total. The number of nitrogen functional groups attached to an aromatic ring is 1. The van der Waals surface area contributed by atoms with E-state index in [1.54, 1.807) is 24.5 Å². The number of nitrogens with zero attached hydrogens (tertiary/aromatic N) is 4. The van der Waals surface area contributed by atoms with E-state index in [2.05, 4.69) is 21.2 Å². The summed E-state index contributed by atoms with van der Waals surface area (Å²) in [5, 5.41) is 8.54. The molecular formula is C20H18FN5OS. The van der Waals surface area contributed by atoms with Gasteiger partial charge in [-0.25, -0.2) is 14.1 Å². The Balaban J connectivity index is 1.50. The van der Waals surface area contributed by atoms with Gasteiger partial charge in [0.15, 0.2) is 5.82 Å². The lowest BCUT2D eigenvalue weighted by molar-refractivity contribution is 0.573. The van der Waals surface area contributed by atoms with Crippen molar-refractivity contribution in [3.8, 4) is 22.8 Å². The summed E-state index contributed by atoms with van der Waals surface area (Å²) in [5.41, 5.74) is 4.33. The molecule has 2 aromatic carbocycles. The fourth-order valence-electron chi connectivity index (χ4n) is 2.89. The summed E-state index contributed by atoms with van der Waals surface area (Å²) in [6.07, 6.45) is 1.62. The number of oxazole rings is 1. The van der Waals surface area contributed by atoms with Crippen molar-refractivity contribution in [2.75, 3.05) is 5.84 Å². The molecule has 0 fully saturated rings. The average molecular weight is 395 g/mol. The van der Waals surface area contributed by atoms with E-state index >= 15 is 0 Å². The van der Waals surface area contributed by atoms with E-state index < -0.39 is 5.82 Å². The molecule has 0 aliphatic rings. The first-order chi connectivity index (χ1) is 13.5. The Morgan fingerprint density at radius 2 is 1.93 bits per heavy atom. The van der Waals surface area contributed by atoms with Gasteiger partial charge in [0.1, 0.15) is 12.1 Å². The first-order valence-electron chi connectivity index (χ1n) is 8.63. The molecule has 0 atom stereocenters. The highest BCUT2D eigenvalue weighted by Crippen LogP contribution is 2.28. The van der Waals surface area contributed by atoms with E-state index in [1.165, 1.54) is 28.1 Å². The van der Waals surface area contributed by atoms with Crippen molar-refractivity contribution in [2.24, 2.45) is 0 Å². The molecule has 0 amide bonds. The van der Waals surface area contributed by atoms with Gasteiger partial charge in [-0.05, 0) is 37.6 Å². The van der Waals surface area contributed by atoms with Crippen LogP contribution in [0, 0.1) is 19.7 Å². The second-order valence-corrected chi connectivity index (χ2v) is 7.35. The zero-order chi connectivity index (χ0) is 19.7. The topological polar surface area (TPSA) is 82.8 Å². The van der Waals surface area contributed by atoms with Crippen molar-refractivity contribution in [1.29, 1.82) is 0 Å². The van der Waals surface area contributed by atoms with E-state index in [0.717, 1.165) is 16.8 Å². The average Bonchev–Trinajstić information content (AvgIpc) is 3.27. The van der Waals surface area contributed by atoms with Gasteiger partial charge >= 0.3 is 0 Å². The van der Waals surface area contributed by atoms with Crippen LogP contribution in [-0.4, -0.2) is 19.9 Å². The number of nitrogens with two attached hydrogens (primary N) is 1. The number of rotatable bonds is 5. The lowest BCUT2D eigenvalue weighted by Crippen LogP contribution is -2.12. The summed E-state index contributed by atoms with van der Waals surface area (Å²) in [7, 11) is 0. The van der Waals surface area contributed by atoms with Gasteiger partial charge in [0.2, 0.25) is 11.0 Å². The molecule has 2 N–H and O–H groups in total. The number of hydrogen-bond donors (Lipinski definition) is 1. The van der Waals surface area contributed by atoms with Gasteiger partial charge in [-0.2, -0.15) is 0 Å². The second-order valence-electron chi connectivity index (χ2n) is 6.41. The number of aromatic nitrogens is 4. The van der Waals surface area contributed by atoms with Crippen LogP contribution in [0.15, 0.2) is 58.3 Å². The number of benzene rings is 2. The Bertz CT molecular complexity index is 1140. The molecule has 0 radical (unpaired) electrons. The van der Waals surface area contributed by atoms with E-state index in [-0.39, 0.29) is 5.82 Å². The monoisotopic (exact) mass is 395 g/mol. The molecule has 2 heterocycles. The summed E-state index contributed by atoms with van der Waals surface area (Å²) in [6, 6.07) is 12.4. The van der Waals surface area contributed by atoms with E-state index in [0.29, 0.717) is 22.4 Å². The molecule has 0 unspecified atom stereocenters. The third kappa shape index (κ3) is 3.50. The fourth-order valence-corrected chi connectivity index (χ4v) is 3.62. The summed E-state index contributed by atoms with van der Waals surface area (Å²) in [5.74, 6) is 7.02. The molecule has 28 heavy (non-hydrogen) atoms.